The number of amides is 1. The van der Waals surface area contributed by atoms with Crippen molar-refractivity contribution in [3.63, 3.8) is 0 Å². The molecule has 1 N–H and O–H groups in total. The number of benzene rings is 2. The van der Waals surface area contributed by atoms with Crippen LogP contribution in [0.3, 0.4) is 0 Å². The van der Waals surface area contributed by atoms with E-state index in [9.17, 15) is 4.79 Å². The fourth-order valence-corrected chi connectivity index (χ4v) is 4.63. The van der Waals surface area contributed by atoms with Crippen molar-refractivity contribution in [2.24, 2.45) is 5.92 Å². The summed E-state index contributed by atoms with van der Waals surface area (Å²) in [7, 11) is 0. The Morgan fingerprint density at radius 1 is 1.03 bits per heavy atom. The summed E-state index contributed by atoms with van der Waals surface area (Å²) in [6, 6.07) is 17.8. The van der Waals surface area contributed by atoms with Crippen LogP contribution in [0, 0.1) is 5.92 Å². The molecule has 2 heterocycles. The van der Waals surface area contributed by atoms with Gasteiger partial charge < -0.3 is 10.2 Å². The van der Waals surface area contributed by atoms with Crippen molar-refractivity contribution < 1.29 is 4.79 Å². The highest BCUT2D eigenvalue weighted by Crippen LogP contribution is 2.33. The van der Waals surface area contributed by atoms with E-state index in [2.05, 4.69) is 32.3 Å². The molecule has 30 heavy (non-hydrogen) atoms. The molecule has 0 atom stereocenters. The minimum absolute atomic E-state index is 0.00522. The third kappa shape index (κ3) is 5.12. The smallest absolute Gasteiger partial charge is 0.223 e. The van der Waals surface area contributed by atoms with Gasteiger partial charge in [-0.2, -0.15) is 0 Å². The second-order valence-corrected chi connectivity index (χ2v) is 8.64. The quantitative estimate of drug-likeness (QED) is 0.598. The van der Waals surface area contributed by atoms with Crippen LogP contribution in [0.2, 0.25) is 5.02 Å². The predicted octanol–water partition coefficient (Wildman–Crippen LogP) is 4.81. The molecule has 5 nitrogen and oxygen atoms in total. The van der Waals surface area contributed by atoms with Gasteiger partial charge in [-0.15, -0.1) is 0 Å². The lowest BCUT2D eigenvalue weighted by molar-refractivity contribution is -0.125. The molecule has 3 aromatic rings. The molecule has 0 saturated carbocycles. The van der Waals surface area contributed by atoms with Crippen LogP contribution in [0.5, 0.6) is 0 Å². The average molecular weight is 439 g/mol. The Morgan fingerprint density at radius 2 is 1.73 bits per heavy atom. The minimum Gasteiger partial charge on any atom is -0.354 e. The molecule has 7 heteroatoms. The summed E-state index contributed by atoms with van der Waals surface area (Å²) in [5.41, 5.74) is 0.937. The van der Waals surface area contributed by atoms with E-state index in [1.165, 1.54) is 0 Å². The van der Waals surface area contributed by atoms with Crippen LogP contribution in [0.25, 0.3) is 0 Å². The number of aromatic nitrogens is 2. The average Bonchev–Trinajstić information content (AvgIpc) is 2.79. The number of nitrogens with one attached hydrogen (secondary N) is 1. The molecule has 1 amide bonds. The summed E-state index contributed by atoms with van der Waals surface area (Å²) in [4.78, 5) is 25.1. The van der Waals surface area contributed by atoms with Crippen LogP contribution in [-0.2, 0) is 11.3 Å². The molecule has 0 radical (unpaired) electrons. The number of hydrogen-bond donors (Lipinski definition) is 1. The van der Waals surface area contributed by atoms with Crippen LogP contribution in [-0.4, -0.2) is 29.0 Å². The molecular weight excluding hydrogens is 416 g/mol. The molecule has 0 aliphatic carbocycles. The van der Waals surface area contributed by atoms with Gasteiger partial charge in [0.1, 0.15) is 5.03 Å². The standard InChI is InChI=1S/C23H23ClN4OS/c24-20-9-5-4-6-18(20)16-27-22(29)17-10-14-28(15-11-17)21-23(26-13-12-25-21)30-19-7-2-1-3-8-19/h1-9,12-13,17H,10-11,14-16H2,(H,27,29). The van der Waals surface area contributed by atoms with E-state index in [0.717, 1.165) is 47.2 Å². The zero-order chi connectivity index (χ0) is 20.8. The summed E-state index contributed by atoms with van der Waals surface area (Å²) in [6.07, 6.45) is 5.04. The molecule has 1 aliphatic rings. The minimum atomic E-state index is 0.00522. The highest BCUT2D eigenvalue weighted by molar-refractivity contribution is 7.99. The van der Waals surface area contributed by atoms with Crippen LogP contribution in [0.4, 0.5) is 5.82 Å². The van der Waals surface area contributed by atoms with Gasteiger partial charge in [0.25, 0.3) is 0 Å². The maximum atomic E-state index is 12.6. The predicted molar refractivity (Wildman–Crippen MR) is 121 cm³/mol. The number of piperidine rings is 1. The van der Waals surface area contributed by atoms with E-state index in [0.29, 0.717) is 11.6 Å². The second-order valence-electron chi connectivity index (χ2n) is 7.17. The lowest BCUT2D eigenvalue weighted by Crippen LogP contribution is -2.41. The fraction of sp³-hybridized carbons (Fsp3) is 0.261. The van der Waals surface area contributed by atoms with E-state index < -0.39 is 0 Å². The number of hydrogen-bond acceptors (Lipinski definition) is 5. The maximum absolute atomic E-state index is 12.6. The summed E-state index contributed by atoms with van der Waals surface area (Å²) in [5, 5.41) is 4.61. The van der Waals surface area contributed by atoms with E-state index in [1.807, 2.05) is 42.5 Å². The van der Waals surface area contributed by atoms with E-state index in [-0.39, 0.29) is 11.8 Å². The Morgan fingerprint density at radius 3 is 2.50 bits per heavy atom. The second kappa shape index (κ2) is 9.96. The van der Waals surface area contributed by atoms with Crippen LogP contribution in [0.15, 0.2) is 76.9 Å². The maximum Gasteiger partial charge on any atom is 0.223 e. The molecule has 0 bridgehead atoms. The van der Waals surface area contributed by atoms with Crippen molar-refractivity contribution in [2.45, 2.75) is 29.3 Å². The van der Waals surface area contributed by atoms with Crippen LogP contribution in [0.1, 0.15) is 18.4 Å². The third-order valence-electron chi connectivity index (χ3n) is 5.18. The molecular formula is C23H23ClN4OS. The Kier molecular flexibility index (Phi) is 6.87. The number of carbonyl (C=O) groups is 1. The van der Waals surface area contributed by atoms with Crippen molar-refractivity contribution >= 4 is 35.1 Å². The molecule has 1 fully saturated rings. The van der Waals surface area contributed by atoms with Crippen LogP contribution < -0.4 is 10.2 Å². The molecule has 154 valence electrons. The highest BCUT2D eigenvalue weighted by atomic mass is 35.5. The zero-order valence-electron chi connectivity index (χ0n) is 16.5. The van der Waals surface area contributed by atoms with Gasteiger partial charge in [0.05, 0.1) is 0 Å². The molecule has 2 aromatic carbocycles. The van der Waals surface area contributed by atoms with Gasteiger partial charge in [0, 0.05) is 47.9 Å². The highest BCUT2D eigenvalue weighted by Gasteiger charge is 2.27. The topological polar surface area (TPSA) is 58.1 Å². The van der Waals surface area contributed by atoms with Gasteiger partial charge in [-0.3, -0.25) is 4.79 Å². The van der Waals surface area contributed by atoms with Gasteiger partial charge in [-0.25, -0.2) is 9.97 Å². The first-order valence-corrected chi connectivity index (χ1v) is 11.2. The van der Waals surface area contributed by atoms with Crippen molar-refractivity contribution in [3.8, 4) is 0 Å². The Balaban J connectivity index is 1.34. The first-order chi connectivity index (χ1) is 14.7. The molecule has 0 unspecified atom stereocenters. The van der Waals surface area contributed by atoms with Crippen molar-refractivity contribution in [2.75, 3.05) is 18.0 Å². The summed E-state index contributed by atoms with van der Waals surface area (Å²) in [5.74, 6) is 0.986. The molecule has 4 rings (SSSR count). The number of rotatable bonds is 6. The van der Waals surface area contributed by atoms with Gasteiger partial charge in [-0.1, -0.05) is 59.8 Å². The zero-order valence-corrected chi connectivity index (χ0v) is 18.1. The molecule has 1 aromatic heterocycles. The van der Waals surface area contributed by atoms with Crippen LogP contribution >= 0.6 is 23.4 Å². The van der Waals surface area contributed by atoms with Gasteiger partial charge in [0.2, 0.25) is 5.91 Å². The Bertz CT molecular complexity index is 993. The van der Waals surface area contributed by atoms with E-state index in [4.69, 9.17) is 11.6 Å². The number of anilines is 1. The number of halogens is 1. The summed E-state index contributed by atoms with van der Waals surface area (Å²) >= 11 is 7.80. The lowest BCUT2D eigenvalue weighted by Gasteiger charge is -2.32. The van der Waals surface area contributed by atoms with E-state index >= 15 is 0 Å². The SMILES string of the molecule is O=C(NCc1ccccc1Cl)C1CCN(c2nccnc2Sc2ccccc2)CC1. The Hall–Kier alpha value is -2.57. The summed E-state index contributed by atoms with van der Waals surface area (Å²) in [6.45, 7) is 2.02. The van der Waals surface area contributed by atoms with Gasteiger partial charge >= 0.3 is 0 Å². The molecule has 1 saturated heterocycles. The van der Waals surface area contributed by atoms with Crippen molar-refractivity contribution in [3.05, 3.63) is 77.6 Å². The molecule has 1 aliphatic heterocycles. The summed E-state index contributed by atoms with van der Waals surface area (Å²) < 4.78 is 0. The lowest BCUT2D eigenvalue weighted by atomic mass is 9.96. The Labute approximate surface area is 185 Å². The number of nitrogens with zero attached hydrogens (tertiary/aromatic N) is 3. The fourth-order valence-electron chi connectivity index (χ4n) is 3.53. The first-order valence-electron chi connectivity index (χ1n) is 10.0. The third-order valence-corrected chi connectivity index (χ3v) is 6.54. The van der Waals surface area contributed by atoms with Crippen molar-refractivity contribution in [1.29, 1.82) is 0 Å². The van der Waals surface area contributed by atoms with Gasteiger partial charge in [-0.05, 0) is 36.6 Å². The molecule has 0 spiro atoms. The first kappa shape index (κ1) is 20.7. The van der Waals surface area contributed by atoms with Gasteiger partial charge in [0.15, 0.2) is 5.82 Å². The monoisotopic (exact) mass is 438 g/mol. The number of carbonyl (C=O) groups excluding carboxylic acids is 1. The van der Waals surface area contributed by atoms with E-state index in [1.54, 1.807) is 24.2 Å². The normalized spacial score (nSPS) is 14.5. The van der Waals surface area contributed by atoms with Crippen molar-refractivity contribution in [1.82, 2.24) is 15.3 Å². The largest absolute Gasteiger partial charge is 0.354 e.